The predicted molar refractivity (Wildman–Crippen MR) is 65.6 cm³/mol. The average Bonchev–Trinajstić information content (AvgIpc) is 2.23. The Morgan fingerprint density at radius 3 is 2.41 bits per heavy atom. The Morgan fingerprint density at radius 1 is 1.18 bits per heavy atom. The molecule has 4 atom stereocenters. The van der Waals surface area contributed by atoms with Crippen LogP contribution in [-0.4, -0.2) is 22.3 Å². The summed E-state index contributed by atoms with van der Waals surface area (Å²) in [5.41, 5.74) is -0.284. The van der Waals surface area contributed by atoms with E-state index in [4.69, 9.17) is 0 Å². The molecule has 2 fully saturated rings. The molecular formula is C14H24O3. The number of carbonyl (C=O) groups is 1. The summed E-state index contributed by atoms with van der Waals surface area (Å²) < 4.78 is 0. The van der Waals surface area contributed by atoms with Crippen molar-refractivity contribution in [3.8, 4) is 0 Å². The Bertz CT molecular complexity index is 323. The normalized spacial score (nSPS) is 45.1. The highest BCUT2D eigenvalue weighted by molar-refractivity contribution is 5.71. The van der Waals surface area contributed by atoms with Crippen LogP contribution in [0.15, 0.2) is 0 Å². The molecule has 0 radical (unpaired) electrons. The van der Waals surface area contributed by atoms with Crippen LogP contribution < -0.4 is 0 Å². The van der Waals surface area contributed by atoms with Crippen molar-refractivity contribution in [1.29, 1.82) is 0 Å². The molecule has 0 spiro atoms. The highest BCUT2D eigenvalue weighted by Gasteiger charge is 2.56. The van der Waals surface area contributed by atoms with Gasteiger partial charge in [0.2, 0.25) is 0 Å². The topological polar surface area (TPSA) is 57.5 Å². The molecule has 3 nitrogen and oxygen atoms in total. The van der Waals surface area contributed by atoms with Gasteiger partial charge in [-0.25, -0.2) is 0 Å². The average molecular weight is 240 g/mol. The van der Waals surface area contributed by atoms with Crippen LogP contribution in [0.3, 0.4) is 0 Å². The van der Waals surface area contributed by atoms with Gasteiger partial charge in [-0.15, -0.1) is 0 Å². The number of fused-ring (bicyclic) bond motifs is 1. The summed E-state index contributed by atoms with van der Waals surface area (Å²) in [7, 11) is 0. The van der Waals surface area contributed by atoms with Crippen molar-refractivity contribution in [2.75, 3.05) is 0 Å². The Morgan fingerprint density at radius 2 is 1.82 bits per heavy atom. The number of hydrogen-bond donors (Lipinski definition) is 2. The second kappa shape index (κ2) is 3.98. The third-order valence-corrected chi connectivity index (χ3v) is 5.59. The lowest BCUT2D eigenvalue weighted by Crippen LogP contribution is -2.55. The van der Waals surface area contributed by atoms with Gasteiger partial charge in [-0.2, -0.15) is 0 Å². The molecule has 0 bridgehead atoms. The molecule has 0 aromatic heterocycles. The van der Waals surface area contributed by atoms with Crippen LogP contribution in [0.25, 0.3) is 0 Å². The quantitative estimate of drug-likeness (QED) is 0.741. The summed E-state index contributed by atoms with van der Waals surface area (Å²) >= 11 is 0. The molecule has 0 heterocycles. The minimum Gasteiger partial charge on any atom is -0.481 e. The summed E-state index contributed by atoms with van der Waals surface area (Å²) in [6.45, 7) is 6.33. The van der Waals surface area contributed by atoms with E-state index in [-0.39, 0.29) is 22.9 Å². The zero-order valence-corrected chi connectivity index (χ0v) is 11.1. The van der Waals surface area contributed by atoms with E-state index in [1.165, 1.54) is 0 Å². The zero-order chi connectivity index (χ0) is 12.8. The standard InChI is InChI=1S/C14H24O3/c1-13(2)10-6-4-5-9(12(16)17)14(10,3)8-7-11(13)15/h9-11,15H,4-8H2,1-3H3,(H,16,17). The lowest BCUT2D eigenvalue weighted by Gasteiger charge is -2.57. The van der Waals surface area contributed by atoms with Gasteiger partial charge in [0, 0.05) is 0 Å². The van der Waals surface area contributed by atoms with Crippen LogP contribution in [0.1, 0.15) is 52.9 Å². The third-order valence-electron chi connectivity index (χ3n) is 5.59. The van der Waals surface area contributed by atoms with Crippen LogP contribution in [0, 0.1) is 22.7 Å². The maximum atomic E-state index is 11.4. The highest BCUT2D eigenvalue weighted by Crippen LogP contribution is 2.59. The summed E-state index contributed by atoms with van der Waals surface area (Å²) in [6, 6.07) is 0. The largest absolute Gasteiger partial charge is 0.481 e. The van der Waals surface area contributed by atoms with Crippen molar-refractivity contribution in [2.45, 2.75) is 59.0 Å². The van der Waals surface area contributed by atoms with E-state index in [9.17, 15) is 15.0 Å². The SMILES string of the molecule is CC1(C)C(O)CCC2(C)C(C(=O)O)CCCC12. The predicted octanol–water partition coefficient (Wildman–Crippen LogP) is 2.67. The summed E-state index contributed by atoms with van der Waals surface area (Å²) in [6.07, 6.45) is 4.14. The van der Waals surface area contributed by atoms with Crippen molar-refractivity contribution in [1.82, 2.24) is 0 Å². The molecular weight excluding hydrogens is 216 g/mol. The second-order valence-corrected chi connectivity index (χ2v) is 6.76. The molecule has 4 unspecified atom stereocenters. The number of aliphatic hydroxyl groups is 1. The minimum absolute atomic E-state index is 0.132. The van der Waals surface area contributed by atoms with E-state index in [0.717, 1.165) is 32.1 Å². The first-order valence-electron chi connectivity index (χ1n) is 6.71. The Balaban J connectivity index is 2.36. The number of carboxylic acid groups (broad SMARTS) is 1. The lowest BCUT2D eigenvalue weighted by molar-refractivity contribution is -0.169. The smallest absolute Gasteiger partial charge is 0.307 e. The molecule has 2 saturated carbocycles. The Labute approximate surface area is 103 Å². The van der Waals surface area contributed by atoms with Crippen LogP contribution in [0.5, 0.6) is 0 Å². The number of rotatable bonds is 1. The van der Waals surface area contributed by atoms with E-state index in [0.29, 0.717) is 5.92 Å². The van der Waals surface area contributed by atoms with E-state index >= 15 is 0 Å². The van der Waals surface area contributed by atoms with Crippen molar-refractivity contribution in [3.05, 3.63) is 0 Å². The van der Waals surface area contributed by atoms with Crippen molar-refractivity contribution >= 4 is 5.97 Å². The molecule has 0 aromatic rings. The van der Waals surface area contributed by atoms with Crippen LogP contribution in [0.4, 0.5) is 0 Å². The molecule has 2 aliphatic rings. The van der Waals surface area contributed by atoms with Gasteiger partial charge in [-0.3, -0.25) is 4.79 Å². The van der Waals surface area contributed by atoms with Gasteiger partial charge in [0.05, 0.1) is 12.0 Å². The molecule has 0 saturated heterocycles. The second-order valence-electron chi connectivity index (χ2n) is 6.76. The van der Waals surface area contributed by atoms with E-state index in [1.54, 1.807) is 0 Å². The van der Waals surface area contributed by atoms with Gasteiger partial charge < -0.3 is 10.2 Å². The molecule has 17 heavy (non-hydrogen) atoms. The Kier molecular flexibility index (Phi) is 3.01. The van der Waals surface area contributed by atoms with Crippen molar-refractivity contribution in [2.24, 2.45) is 22.7 Å². The molecule has 2 N–H and O–H groups in total. The third kappa shape index (κ3) is 1.79. The number of aliphatic carboxylic acids is 1. The van der Waals surface area contributed by atoms with E-state index in [2.05, 4.69) is 20.8 Å². The van der Waals surface area contributed by atoms with Gasteiger partial charge >= 0.3 is 5.97 Å². The monoisotopic (exact) mass is 240 g/mol. The molecule has 98 valence electrons. The van der Waals surface area contributed by atoms with Crippen molar-refractivity contribution < 1.29 is 15.0 Å². The molecule has 0 aliphatic heterocycles. The fourth-order valence-corrected chi connectivity index (χ4v) is 4.46. The number of carboxylic acids is 1. The first kappa shape index (κ1) is 12.9. The maximum Gasteiger partial charge on any atom is 0.307 e. The Hall–Kier alpha value is -0.570. The first-order valence-corrected chi connectivity index (χ1v) is 6.71. The van der Waals surface area contributed by atoms with Crippen molar-refractivity contribution in [3.63, 3.8) is 0 Å². The van der Waals surface area contributed by atoms with Crippen LogP contribution >= 0.6 is 0 Å². The highest BCUT2D eigenvalue weighted by atomic mass is 16.4. The number of hydrogen-bond acceptors (Lipinski definition) is 2. The summed E-state index contributed by atoms with van der Waals surface area (Å²) in [5, 5.41) is 19.6. The van der Waals surface area contributed by atoms with Gasteiger partial charge in [0.15, 0.2) is 0 Å². The zero-order valence-electron chi connectivity index (χ0n) is 11.1. The molecule has 0 aromatic carbocycles. The molecule has 2 rings (SSSR count). The summed E-state index contributed by atoms with van der Waals surface area (Å²) in [5.74, 6) is -0.550. The lowest BCUT2D eigenvalue weighted by atomic mass is 9.47. The van der Waals surface area contributed by atoms with E-state index < -0.39 is 5.97 Å². The molecule has 0 amide bonds. The minimum atomic E-state index is -0.649. The number of aliphatic hydroxyl groups excluding tert-OH is 1. The van der Waals surface area contributed by atoms with Gasteiger partial charge in [0.1, 0.15) is 0 Å². The van der Waals surface area contributed by atoms with E-state index in [1.807, 2.05) is 0 Å². The molecule has 2 aliphatic carbocycles. The molecule has 3 heteroatoms. The fourth-order valence-electron chi connectivity index (χ4n) is 4.46. The van der Waals surface area contributed by atoms with Crippen LogP contribution in [-0.2, 0) is 4.79 Å². The van der Waals surface area contributed by atoms with Gasteiger partial charge in [-0.05, 0) is 42.4 Å². The first-order chi connectivity index (χ1) is 7.80. The maximum absolute atomic E-state index is 11.4. The fraction of sp³-hybridized carbons (Fsp3) is 0.929. The van der Waals surface area contributed by atoms with Crippen LogP contribution in [0.2, 0.25) is 0 Å². The summed E-state index contributed by atoms with van der Waals surface area (Å²) in [4.78, 5) is 11.4. The van der Waals surface area contributed by atoms with Gasteiger partial charge in [0.25, 0.3) is 0 Å². The van der Waals surface area contributed by atoms with Gasteiger partial charge in [-0.1, -0.05) is 27.2 Å².